The summed E-state index contributed by atoms with van der Waals surface area (Å²) in [4.78, 5) is 8.42. The highest BCUT2D eigenvalue weighted by Crippen LogP contribution is 2.41. The van der Waals surface area contributed by atoms with E-state index in [4.69, 9.17) is 11.1 Å². The number of fused-ring (bicyclic) bond motifs is 1. The SMILES string of the molecule is C=C1C(c2cccc(F)c2)=C(CNc2ncnc(N)c2C(=N)C2=CC(F)=CC(CC)C2)Cc2cccc(F)c21. The predicted molar refractivity (Wildman–Crippen MR) is 150 cm³/mol. The lowest BCUT2D eigenvalue weighted by Crippen LogP contribution is -2.20. The fraction of sp³-hybridized carbons (Fsp3) is 0.194. The van der Waals surface area contributed by atoms with Gasteiger partial charge in [0, 0.05) is 12.1 Å². The van der Waals surface area contributed by atoms with Gasteiger partial charge in [0.25, 0.3) is 0 Å². The molecule has 3 aromatic rings. The zero-order valence-corrected chi connectivity index (χ0v) is 21.5. The predicted octanol–water partition coefficient (Wildman–Crippen LogP) is 7.05. The van der Waals surface area contributed by atoms with E-state index in [1.165, 1.54) is 30.6 Å². The maximum absolute atomic E-state index is 14.8. The van der Waals surface area contributed by atoms with E-state index in [1.54, 1.807) is 24.3 Å². The highest BCUT2D eigenvalue weighted by molar-refractivity contribution is 6.16. The first-order chi connectivity index (χ1) is 18.8. The van der Waals surface area contributed by atoms with Crippen molar-refractivity contribution in [1.82, 2.24) is 9.97 Å². The highest BCUT2D eigenvalue weighted by atomic mass is 19.1. The van der Waals surface area contributed by atoms with Crippen LogP contribution in [0.3, 0.4) is 0 Å². The first-order valence-electron chi connectivity index (χ1n) is 12.7. The van der Waals surface area contributed by atoms with Crippen LogP contribution in [0.4, 0.5) is 24.8 Å². The fourth-order valence-corrected chi connectivity index (χ4v) is 5.29. The molecule has 0 amide bonds. The van der Waals surface area contributed by atoms with Gasteiger partial charge < -0.3 is 11.1 Å². The largest absolute Gasteiger partial charge is 0.383 e. The van der Waals surface area contributed by atoms with Gasteiger partial charge >= 0.3 is 0 Å². The van der Waals surface area contributed by atoms with Crippen LogP contribution in [0.2, 0.25) is 0 Å². The molecule has 8 heteroatoms. The lowest BCUT2D eigenvalue weighted by Gasteiger charge is -2.27. The Balaban J connectivity index is 1.52. The molecule has 0 fully saturated rings. The van der Waals surface area contributed by atoms with Gasteiger partial charge in [0.05, 0.1) is 11.3 Å². The van der Waals surface area contributed by atoms with Gasteiger partial charge in [-0.05, 0) is 89.0 Å². The third-order valence-electron chi connectivity index (χ3n) is 7.20. The molecular formula is C31H28F3N5. The molecule has 2 aliphatic carbocycles. The maximum Gasteiger partial charge on any atom is 0.141 e. The van der Waals surface area contributed by atoms with Crippen molar-refractivity contribution in [2.45, 2.75) is 26.2 Å². The zero-order valence-electron chi connectivity index (χ0n) is 21.5. The third kappa shape index (κ3) is 5.14. The molecular weight excluding hydrogens is 499 g/mol. The summed E-state index contributed by atoms with van der Waals surface area (Å²) in [6.45, 7) is 6.39. The van der Waals surface area contributed by atoms with Gasteiger partial charge in [-0.1, -0.05) is 37.8 Å². The molecule has 0 spiro atoms. The Morgan fingerprint density at radius 1 is 1.15 bits per heavy atom. The Hall–Kier alpha value is -4.46. The van der Waals surface area contributed by atoms with Gasteiger partial charge in [0.2, 0.25) is 0 Å². The molecule has 39 heavy (non-hydrogen) atoms. The molecule has 5 rings (SSSR count). The van der Waals surface area contributed by atoms with E-state index in [-0.39, 0.29) is 41.2 Å². The summed E-state index contributed by atoms with van der Waals surface area (Å²) in [6.07, 6.45) is 5.87. The number of benzene rings is 2. The number of nitrogens with zero attached hydrogens (tertiary/aromatic N) is 2. The molecule has 1 aromatic heterocycles. The minimum absolute atomic E-state index is 0.0136. The summed E-state index contributed by atoms with van der Waals surface area (Å²) >= 11 is 0. The number of nitrogen functional groups attached to an aromatic ring is 1. The van der Waals surface area contributed by atoms with Crippen molar-refractivity contribution in [3.05, 3.63) is 118 Å². The van der Waals surface area contributed by atoms with Crippen LogP contribution in [-0.2, 0) is 6.42 Å². The molecule has 1 unspecified atom stereocenters. The van der Waals surface area contributed by atoms with Crippen LogP contribution >= 0.6 is 0 Å². The summed E-state index contributed by atoms with van der Waals surface area (Å²) in [5.74, 6) is -0.773. The number of nitrogens with two attached hydrogens (primary N) is 1. The van der Waals surface area contributed by atoms with Gasteiger partial charge in [-0.25, -0.2) is 23.1 Å². The normalized spacial score (nSPS) is 16.9. The molecule has 2 aromatic carbocycles. The van der Waals surface area contributed by atoms with Gasteiger partial charge in [-0.3, -0.25) is 5.41 Å². The number of rotatable bonds is 7. The Morgan fingerprint density at radius 3 is 2.72 bits per heavy atom. The van der Waals surface area contributed by atoms with Crippen molar-refractivity contribution in [2.24, 2.45) is 5.92 Å². The lowest BCUT2D eigenvalue weighted by molar-refractivity contribution is 0.570. The third-order valence-corrected chi connectivity index (χ3v) is 7.20. The number of halogens is 3. The van der Waals surface area contributed by atoms with Crippen LogP contribution in [0, 0.1) is 23.0 Å². The minimum atomic E-state index is -0.411. The fourth-order valence-electron chi connectivity index (χ4n) is 5.29. The Kier molecular flexibility index (Phi) is 7.19. The second-order valence-electron chi connectivity index (χ2n) is 9.72. The van der Waals surface area contributed by atoms with E-state index in [2.05, 4.69) is 21.9 Å². The molecule has 0 radical (unpaired) electrons. The van der Waals surface area contributed by atoms with E-state index >= 15 is 0 Å². The van der Waals surface area contributed by atoms with Crippen molar-refractivity contribution in [3.8, 4) is 0 Å². The second-order valence-corrected chi connectivity index (χ2v) is 9.72. The Morgan fingerprint density at radius 2 is 1.95 bits per heavy atom. The van der Waals surface area contributed by atoms with Gasteiger partial charge in [0.1, 0.15) is 35.4 Å². The van der Waals surface area contributed by atoms with Crippen LogP contribution in [0.15, 0.2) is 84.5 Å². The average Bonchev–Trinajstić information content (AvgIpc) is 2.91. The molecule has 5 nitrogen and oxygen atoms in total. The monoisotopic (exact) mass is 527 g/mol. The summed E-state index contributed by atoms with van der Waals surface area (Å²) in [5, 5.41) is 12.1. The molecule has 1 atom stereocenters. The van der Waals surface area contributed by atoms with Gasteiger partial charge in [0.15, 0.2) is 0 Å². The standard InChI is InChI=1S/C31H28F3N5/c1-3-18-10-21(14-24(33)11-18)29(35)28-30(36)38-16-39-31(28)37-15-22-12-19-7-5-9-25(34)27(19)17(2)26(22)20-6-4-8-23(32)13-20/h4-9,11,13-14,16,18,35H,2-3,10,12,15H2,1H3,(H3,36,37,38,39). The summed E-state index contributed by atoms with van der Waals surface area (Å²) in [7, 11) is 0. The van der Waals surface area contributed by atoms with Crippen LogP contribution in [-0.4, -0.2) is 22.2 Å². The quantitative estimate of drug-likeness (QED) is 0.287. The maximum atomic E-state index is 14.8. The van der Waals surface area contributed by atoms with Crippen LogP contribution in [0.1, 0.15) is 42.0 Å². The Bertz CT molecular complexity index is 1580. The summed E-state index contributed by atoms with van der Waals surface area (Å²) < 4.78 is 43.4. The van der Waals surface area contributed by atoms with Crippen molar-refractivity contribution < 1.29 is 13.2 Å². The van der Waals surface area contributed by atoms with E-state index in [1.807, 2.05) is 13.0 Å². The molecule has 4 N–H and O–H groups in total. The summed E-state index contributed by atoms with van der Waals surface area (Å²) in [6, 6.07) is 11.0. The number of anilines is 2. The number of allylic oxidation sites excluding steroid dienone is 6. The van der Waals surface area contributed by atoms with Crippen molar-refractivity contribution >= 4 is 28.5 Å². The zero-order chi connectivity index (χ0) is 27.7. The molecule has 0 bridgehead atoms. The minimum Gasteiger partial charge on any atom is -0.383 e. The number of hydrogen-bond donors (Lipinski definition) is 3. The topological polar surface area (TPSA) is 87.7 Å². The first-order valence-corrected chi connectivity index (χ1v) is 12.7. The van der Waals surface area contributed by atoms with Gasteiger partial charge in [-0.15, -0.1) is 0 Å². The average molecular weight is 528 g/mol. The molecule has 2 aliphatic rings. The Labute approximate surface area is 225 Å². The number of nitrogens with one attached hydrogen (secondary N) is 2. The number of hydrogen-bond acceptors (Lipinski definition) is 5. The molecule has 0 aliphatic heterocycles. The van der Waals surface area contributed by atoms with Crippen LogP contribution in [0.5, 0.6) is 0 Å². The van der Waals surface area contributed by atoms with Crippen LogP contribution < -0.4 is 11.1 Å². The van der Waals surface area contributed by atoms with Crippen LogP contribution in [0.25, 0.3) is 11.1 Å². The molecule has 0 saturated heterocycles. The van der Waals surface area contributed by atoms with Crippen molar-refractivity contribution in [1.29, 1.82) is 5.41 Å². The second kappa shape index (κ2) is 10.7. The molecule has 198 valence electrons. The van der Waals surface area contributed by atoms with Gasteiger partial charge in [-0.2, -0.15) is 0 Å². The van der Waals surface area contributed by atoms with E-state index in [0.717, 1.165) is 17.6 Å². The molecule has 1 heterocycles. The van der Waals surface area contributed by atoms with E-state index < -0.39 is 5.82 Å². The van der Waals surface area contributed by atoms with E-state index in [0.29, 0.717) is 46.5 Å². The number of aromatic nitrogens is 2. The highest BCUT2D eigenvalue weighted by Gasteiger charge is 2.27. The lowest BCUT2D eigenvalue weighted by atomic mass is 9.79. The summed E-state index contributed by atoms with van der Waals surface area (Å²) in [5.41, 5.74) is 10.8. The van der Waals surface area contributed by atoms with Crippen molar-refractivity contribution in [2.75, 3.05) is 17.6 Å². The first kappa shape index (κ1) is 26.2. The smallest absolute Gasteiger partial charge is 0.141 e. The van der Waals surface area contributed by atoms with Crippen molar-refractivity contribution in [3.63, 3.8) is 0 Å². The molecule has 0 saturated carbocycles. The van der Waals surface area contributed by atoms with E-state index in [9.17, 15) is 13.2 Å².